The molecule has 2 aliphatic rings. The van der Waals surface area contributed by atoms with Gasteiger partial charge in [0.25, 0.3) is 0 Å². The van der Waals surface area contributed by atoms with E-state index in [4.69, 9.17) is 19.9 Å². The molecule has 8 nitrogen and oxygen atoms in total. The summed E-state index contributed by atoms with van der Waals surface area (Å²) < 4.78 is 33.7. The predicted molar refractivity (Wildman–Crippen MR) is 114 cm³/mol. The highest BCUT2D eigenvalue weighted by Gasteiger charge is 2.42. The maximum absolute atomic E-state index is 14.1. The number of halogens is 1. The van der Waals surface area contributed by atoms with Gasteiger partial charge in [-0.05, 0) is 44.0 Å². The lowest BCUT2D eigenvalue weighted by Crippen LogP contribution is -2.54. The minimum Gasteiger partial charge on any atom is -0.482 e. The van der Waals surface area contributed by atoms with Crippen molar-refractivity contribution in [2.75, 3.05) is 18.9 Å². The first-order valence-corrected chi connectivity index (χ1v) is 10.3. The number of hydrogen-bond donors (Lipinski definition) is 1. The molecule has 0 radical (unpaired) electrons. The largest absolute Gasteiger partial charge is 0.482 e. The zero-order valence-electron chi connectivity index (χ0n) is 17.8. The van der Waals surface area contributed by atoms with Crippen LogP contribution in [-0.2, 0) is 18.2 Å². The molecule has 164 valence electrons. The number of nitriles is 1. The minimum absolute atomic E-state index is 0.196. The number of benzene rings is 1. The van der Waals surface area contributed by atoms with Gasteiger partial charge in [-0.3, -0.25) is 4.68 Å². The molecule has 9 heteroatoms. The van der Waals surface area contributed by atoms with Crippen LogP contribution in [0.1, 0.15) is 36.4 Å². The Morgan fingerprint density at radius 1 is 1.28 bits per heavy atom. The Kier molecular flexibility index (Phi) is 4.75. The summed E-state index contributed by atoms with van der Waals surface area (Å²) in [5.74, 6) is 0.678. The molecule has 1 fully saturated rings. The first kappa shape index (κ1) is 20.3. The molecule has 1 spiro atoms. The van der Waals surface area contributed by atoms with E-state index in [0.29, 0.717) is 59.9 Å². The van der Waals surface area contributed by atoms with Crippen molar-refractivity contribution in [1.82, 2.24) is 14.8 Å². The summed E-state index contributed by atoms with van der Waals surface area (Å²) in [6.07, 6.45) is 2.22. The zero-order valence-corrected chi connectivity index (χ0v) is 17.8. The third-order valence-corrected chi connectivity index (χ3v) is 5.98. The van der Waals surface area contributed by atoms with E-state index < -0.39 is 11.7 Å². The standard InChI is InChI=1S/C23H22FN5O3/c1-13-16-8-15(24)3-4-19(16)32-23(11-30-12-23)6-5-17-21(18(9-25)29(2)28-17)14-7-20(31-13)22(26)27-10-14/h3-4,7-8,10,13H,5-6,11-12H2,1-2H3,(H2,26,27)/t13-/m1/s1. The maximum atomic E-state index is 14.1. The monoisotopic (exact) mass is 435 g/mol. The fourth-order valence-corrected chi connectivity index (χ4v) is 4.22. The van der Waals surface area contributed by atoms with Crippen molar-refractivity contribution in [2.45, 2.75) is 31.5 Å². The van der Waals surface area contributed by atoms with Crippen LogP contribution in [-0.4, -0.2) is 33.6 Å². The summed E-state index contributed by atoms with van der Waals surface area (Å²) in [6, 6.07) is 8.37. The van der Waals surface area contributed by atoms with Crippen LogP contribution in [0.25, 0.3) is 11.1 Å². The van der Waals surface area contributed by atoms with Gasteiger partial charge in [-0.25, -0.2) is 9.37 Å². The highest BCUT2D eigenvalue weighted by molar-refractivity contribution is 5.73. The number of aryl methyl sites for hydroxylation is 2. The Morgan fingerprint density at radius 3 is 2.81 bits per heavy atom. The molecule has 3 aromatic rings. The van der Waals surface area contributed by atoms with Crippen LogP contribution < -0.4 is 15.2 Å². The van der Waals surface area contributed by atoms with Gasteiger partial charge in [0, 0.05) is 29.9 Å². The molecule has 1 aromatic carbocycles. The Morgan fingerprint density at radius 2 is 2.09 bits per heavy atom. The average molecular weight is 435 g/mol. The van der Waals surface area contributed by atoms with Gasteiger partial charge < -0.3 is 19.9 Å². The maximum Gasteiger partial charge on any atom is 0.166 e. The van der Waals surface area contributed by atoms with Crippen molar-refractivity contribution in [3.05, 3.63) is 53.2 Å². The second-order valence-corrected chi connectivity index (χ2v) is 8.23. The number of nitrogens with zero attached hydrogens (tertiary/aromatic N) is 4. The molecule has 1 atom stereocenters. The van der Waals surface area contributed by atoms with Gasteiger partial charge in [0.05, 0.1) is 18.9 Å². The molecule has 4 heterocycles. The van der Waals surface area contributed by atoms with Crippen molar-refractivity contribution in [3.8, 4) is 28.7 Å². The Labute approximate surface area is 184 Å². The van der Waals surface area contributed by atoms with Crippen LogP contribution in [0.4, 0.5) is 10.2 Å². The summed E-state index contributed by atoms with van der Waals surface area (Å²) in [5, 5.41) is 14.4. The second kappa shape index (κ2) is 7.50. The molecule has 32 heavy (non-hydrogen) atoms. The van der Waals surface area contributed by atoms with Gasteiger partial charge in [-0.2, -0.15) is 10.4 Å². The van der Waals surface area contributed by atoms with Crippen molar-refractivity contribution in [2.24, 2.45) is 7.05 Å². The molecule has 0 aliphatic carbocycles. The molecular weight excluding hydrogens is 413 g/mol. The van der Waals surface area contributed by atoms with Crippen LogP contribution >= 0.6 is 0 Å². The fourth-order valence-electron chi connectivity index (χ4n) is 4.22. The summed E-state index contributed by atoms with van der Waals surface area (Å²) in [5.41, 5.74) is 8.62. The number of anilines is 1. The topological polar surface area (TPSA) is 108 Å². The van der Waals surface area contributed by atoms with E-state index in [-0.39, 0.29) is 11.6 Å². The summed E-state index contributed by atoms with van der Waals surface area (Å²) in [6.45, 7) is 2.62. The number of nitrogens with two attached hydrogens (primary N) is 1. The summed E-state index contributed by atoms with van der Waals surface area (Å²) in [4.78, 5) is 4.28. The van der Waals surface area contributed by atoms with E-state index in [1.54, 1.807) is 37.0 Å². The quantitative estimate of drug-likeness (QED) is 0.577. The molecule has 2 N–H and O–H groups in total. The summed E-state index contributed by atoms with van der Waals surface area (Å²) in [7, 11) is 1.74. The Bertz CT molecular complexity index is 1250. The normalized spacial score (nSPS) is 19.0. The molecule has 1 saturated heterocycles. The van der Waals surface area contributed by atoms with Gasteiger partial charge in [0.15, 0.2) is 17.2 Å². The van der Waals surface area contributed by atoms with Crippen molar-refractivity contribution in [3.63, 3.8) is 0 Å². The van der Waals surface area contributed by atoms with E-state index >= 15 is 0 Å². The molecule has 2 aromatic heterocycles. The highest BCUT2D eigenvalue weighted by Crippen LogP contribution is 2.40. The minimum atomic E-state index is -0.572. The number of nitrogen functional groups attached to an aromatic ring is 1. The molecule has 5 rings (SSSR count). The number of ether oxygens (including phenoxy) is 3. The van der Waals surface area contributed by atoms with Crippen LogP contribution in [0.2, 0.25) is 0 Å². The number of hydrogen-bond acceptors (Lipinski definition) is 7. The first-order chi connectivity index (χ1) is 15.4. The molecule has 0 amide bonds. The molecule has 2 bridgehead atoms. The van der Waals surface area contributed by atoms with Gasteiger partial charge >= 0.3 is 0 Å². The van der Waals surface area contributed by atoms with E-state index in [1.807, 2.05) is 0 Å². The molecular formula is C23H22FN5O3. The van der Waals surface area contributed by atoms with Crippen LogP contribution in [0.15, 0.2) is 30.5 Å². The van der Waals surface area contributed by atoms with Crippen molar-refractivity contribution in [1.29, 1.82) is 5.26 Å². The third-order valence-electron chi connectivity index (χ3n) is 5.98. The lowest BCUT2D eigenvalue weighted by atomic mass is 9.92. The van der Waals surface area contributed by atoms with Crippen molar-refractivity contribution < 1.29 is 18.6 Å². The van der Waals surface area contributed by atoms with Crippen LogP contribution in [0.5, 0.6) is 11.5 Å². The van der Waals surface area contributed by atoms with E-state index in [0.717, 1.165) is 5.69 Å². The average Bonchev–Trinajstić information content (AvgIpc) is 3.07. The number of fused-ring (bicyclic) bond motifs is 5. The SMILES string of the molecule is C[C@H]1Oc2cc(cnc2N)-c2c(nn(C)c2C#N)CCC2(COC2)Oc2ccc(F)cc21. The zero-order chi connectivity index (χ0) is 22.5. The smallest absolute Gasteiger partial charge is 0.166 e. The lowest BCUT2D eigenvalue weighted by molar-refractivity contribution is -0.165. The van der Waals surface area contributed by atoms with E-state index in [2.05, 4.69) is 16.2 Å². The summed E-state index contributed by atoms with van der Waals surface area (Å²) >= 11 is 0. The fraction of sp³-hybridized carbons (Fsp3) is 0.348. The number of pyridine rings is 1. The highest BCUT2D eigenvalue weighted by atomic mass is 19.1. The van der Waals surface area contributed by atoms with Gasteiger partial charge in [0.2, 0.25) is 0 Å². The predicted octanol–water partition coefficient (Wildman–Crippen LogP) is 3.31. The molecule has 0 saturated carbocycles. The second-order valence-electron chi connectivity index (χ2n) is 8.23. The van der Waals surface area contributed by atoms with Crippen LogP contribution in [0.3, 0.4) is 0 Å². The lowest BCUT2D eigenvalue weighted by Gasteiger charge is -2.42. The molecule has 0 unspecified atom stereocenters. The van der Waals surface area contributed by atoms with E-state index in [9.17, 15) is 9.65 Å². The van der Waals surface area contributed by atoms with Gasteiger partial charge in [0.1, 0.15) is 29.4 Å². The third kappa shape index (κ3) is 3.33. The van der Waals surface area contributed by atoms with Gasteiger partial charge in [-0.1, -0.05) is 0 Å². The van der Waals surface area contributed by atoms with Crippen LogP contribution in [0, 0.1) is 17.1 Å². The Hall–Kier alpha value is -3.64. The number of rotatable bonds is 0. The first-order valence-electron chi connectivity index (χ1n) is 10.3. The van der Waals surface area contributed by atoms with Gasteiger partial charge in [-0.15, -0.1) is 0 Å². The van der Waals surface area contributed by atoms with Crippen molar-refractivity contribution >= 4 is 5.82 Å². The Balaban J connectivity index is 1.69. The number of aromatic nitrogens is 3. The van der Waals surface area contributed by atoms with E-state index in [1.165, 1.54) is 12.1 Å². The molecule has 2 aliphatic heterocycles.